The molecule has 0 saturated carbocycles. The zero-order valence-corrected chi connectivity index (χ0v) is 33.5. The van der Waals surface area contributed by atoms with Crippen molar-refractivity contribution in [3.8, 4) is 78.7 Å². The molecule has 1 spiro atoms. The molecular weight excluding hydrogens is 755 g/mol. The highest BCUT2D eigenvalue weighted by atomic mass is 16.3. The molecule has 0 N–H and O–H groups in total. The van der Waals surface area contributed by atoms with Crippen LogP contribution in [0.25, 0.3) is 101 Å². The third-order valence-corrected chi connectivity index (χ3v) is 13.0. The summed E-state index contributed by atoms with van der Waals surface area (Å²) in [6.45, 7) is 0. The summed E-state index contributed by atoms with van der Waals surface area (Å²) in [6, 6.07) is 75.5. The van der Waals surface area contributed by atoms with Gasteiger partial charge in [0.1, 0.15) is 11.2 Å². The lowest BCUT2D eigenvalue weighted by molar-refractivity contribution is 0.671. The predicted molar refractivity (Wildman–Crippen MR) is 251 cm³/mol. The van der Waals surface area contributed by atoms with Crippen molar-refractivity contribution < 1.29 is 4.42 Å². The van der Waals surface area contributed by atoms with Crippen molar-refractivity contribution in [3.05, 3.63) is 235 Å². The van der Waals surface area contributed by atoms with Crippen LogP contribution in [0.5, 0.6) is 0 Å². The van der Waals surface area contributed by atoms with Crippen LogP contribution in [-0.2, 0) is 5.41 Å². The first-order chi connectivity index (χ1) is 30.7. The van der Waals surface area contributed by atoms with Crippen molar-refractivity contribution in [1.82, 2.24) is 15.0 Å². The molecule has 0 unspecified atom stereocenters. The molecule has 0 saturated heterocycles. The van der Waals surface area contributed by atoms with Crippen molar-refractivity contribution in [2.75, 3.05) is 0 Å². The lowest BCUT2D eigenvalue weighted by atomic mass is 9.70. The molecule has 0 radical (unpaired) electrons. The molecule has 288 valence electrons. The molecule has 11 aromatic rings. The van der Waals surface area contributed by atoms with Gasteiger partial charge >= 0.3 is 0 Å². The summed E-state index contributed by atoms with van der Waals surface area (Å²) >= 11 is 0. The Hall–Kier alpha value is -8.21. The van der Waals surface area contributed by atoms with E-state index in [0.29, 0.717) is 17.5 Å². The first-order valence-corrected chi connectivity index (χ1v) is 21.1. The molecule has 2 aromatic heterocycles. The summed E-state index contributed by atoms with van der Waals surface area (Å²) < 4.78 is 7.09. The zero-order valence-electron chi connectivity index (χ0n) is 33.5. The monoisotopic (exact) mass is 789 g/mol. The van der Waals surface area contributed by atoms with Gasteiger partial charge in [0.05, 0.1) is 5.41 Å². The lowest BCUT2D eigenvalue weighted by Crippen LogP contribution is -2.25. The minimum absolute atomic E-state index is 0.419. The molecule has 0 aliphatic heterocycles. The minimum Gasteiger partial charge on any atom is -0.455 e. The molecule has 0 atom stereocenters. The summed E-state index contributed by atoms with van der Waals surface area (Å²) in [5, 5.41) is 2.16. The van der Waals surface area contributed by atoms with Gasteiger partial charge in [0.15, 0.2) is 17.5 Å². The number of furan rings is 1. The van der Waals surface area contributed by atoms with Gasteiger partial charge in [0.2, 0.25) is 0 Å². The predicted octanol–water partition coefficient (Wildman–Crippen LogP) is 14.4. The zero-order chi connectivity index (χ0) is 40.8. The summed E-state index contributed by atoms with van der Waals surface area (Å²) in [6.07, 6.45) is 0. The quantitative estimate of drug-likeness (QED) is 0.174. The van der Waals surface area contributed by atoms with Crippen LogP contribution >= 0.6 is 0 Å². The maximum atomic E-state index is 7.09. The third-order valence-electron chi connectivity index (χ3n) is 13.0. The van der Waals surface area contributed by atoms with E-state index >= 15 is 0 Å². The SMILES string of the molecule is c1ccc(-c2nc(-c3ccccc3)nc(-c3cccc(-c4cccc5c4oc4c(-c6ccc7c(c6)C6(c8ccccc8-c8ccccc86)c6ccccc6-7)cccc45)c3)n2)cc1. The van der Waals surface area contributed by atoms with Gasteiger partial charge in [-0.1, -0.05) is 200 Å². The Morgan fingerprint density at radius 1 is 0.274 bits per heavy atom. The van der Waals surface area contributed by atoms with Crippen LogP contribution < -0.4 is 0 Å². The van der Waals surface area contributed by atoms with E-state index in [1.807, 2.05) is 60.7 Å². The fourth-order valence-electron chi connectivity index (χ4n) is 10.3. The highest BCUT2D eigenvalue weighted by Gasteiger charge is 2.51. The minimum atomic E-state index is -0.419. The molecule has 0 amide bonds. The largest absolute Gasteiger partial charge is 0.455 e. The Kier molecular flexibility index (Phi) is 7.49. The average molecular weight is 790 g/mol. The van der Waals surface area contributed by atoms with Crippen molar-refractivity contribution >= 4 is 21.9 Å². The van der Waals surface area contributed by atoms with E-state index < -0.39 is 5.41 Å². The van der Waals surface area contributed by atoms with Gasteiger partial charge in [0, 0.05) is 38.6 Å². The van der Waals surface area contributed by atoms with E-state index in [9.17, 15) is 0 Å². The third kappa shape index (κ3) is 4.98. The van der Waals surface area contributed by atoms with Crippen LogP contribution in [0.15, 0.2) is 217 Å². The second-order valence-corrected chi connectivity index (χ2v) is 16.2. The van der Waals surface area contributed by atoms with Crippen molar-refractivity contribution in [3.63, 3.8) is 0 Å². The van der Waals surface area contributed by atoms with E-state index in [4.69, 9.17) is 19.4 Å². The Morgan fingerprint density at radius 2 is 0.661 bits per heavy atom. The molecule has 62 heavy (non-hydrogen) atoms. The van der Waals surface area contributed by atoms with E-state index in [2.05, 4.69) is 152 Å². The fraction of sp³-hybridized carbons (Fsp3) is 0.0172. The van der Waals surface area contributed by atoms with Crippen LogP contribution in [-0.4, -0.2) is 15.0 Å². The second-order valence-electron chi connectivity index (χ2n) is 16.2. The standard InChI is InChI=1S/C58H35N3O/c1-3-16-36(17-4-1)55-59-56(37-18-5-2-6-19-37)61-57(60-55)40-21-13-20-38(34-40)41-25-14-27-47-48-28-15-26-42(54(48)62-53(41)47)39-32-33-46-45-24-9-12-31-51(45)58(52(46)35-39)49-29-10-7-22-43(49)44-23-8-11-30-50(44)58/h1-35H. The number of fused-ring (bicyclic) bond motifs is 13. The van der Waals surface area contributed by atoms with E-state index in [1.54, 1.807) is 0 Å². The van der Waals surface area contributed by atoms with Gasteiger partial charge in [-0.2, -0.15) is 0 Å². The molecular formula is C58H35N3O. The molecule has 2 aliphatic rings. The Bertz CT molecular complexity index is 3470. The first kappa shape index (κ1) is 34.6. The topological polar surface area (TPSA) is 51.8 Å². The maximum Gasteiger partial charge on any atom is 0.164 e. The number of hydrogen-bond donors (Lipinski definition) is 0. The van der Waals surface area contributed by atoms with Crippen LogP contribution in [0, 0.1) is 0 Å². The van der Waals surface area contributed by atoms with Gasteiger partial charge in [-0.15, -0.1) is 0 Å². The van der Waals surface area contributed by atoms with Gasteiger partial charge in [-0.25, -0.2) is 15.0 Å². The normalized spacial score (nSPS) is 13.0. The summed E-state index contributed by atoms with van der Waals surface area (Å²) in [7, 11) is 0. The second kappa shape index (κ2) is 13.4. The summed E-state index contributed by atoms with van der Waals surface area (Å²) in [4.78, 5) is 15.0. The van der Waals surface area contributed by atoms with Crippen LogP contribution in [0.4, 0.5) is 0 Å². The van der Waals surface area contributed by atoms with Crippen molar-refractivity contribution in [2.45, 2.75) is 5.41 Å². The van der Waals surface area contributed by atoms with Gasteiger partial charge in [-0.3, -0.25) is 0 Å². The highest BCUT2D eigenvalue weighted by Crippen LogP contribution is 2.63. The van der Waals surface area contributed by atoms with Gasteiger partial charge < -0.3 is 4.42 Å². The maximum absolute atomic E-state index is 7.09. The van der Waals surface area contributed by atoms with Crippen molar-refractivity contribution in [2.24, 2.45) is 0 Å². The number of nitrogens with zero attached hydrogens (tertiary/aromatic N) is 3. The number of hydrogen-bond acceptors (Lipinski definition) is 4. The van der Waals surface area contributed by atoms with Crippen LogP contribution in [0.3, 0.4) is 0 Å². The fourth-order valence-corrected chi connectivity index (χ4v) is 10.3. The van der Waals surface area contributed by atoms with Crippen LogP contribution in [0.1, 0.15) is 22.3 Å². The van der Waals surface area contributed by atoms with E-state index in [1.165, 1.54) is 44.5 Å². The molecule has 13 rings (SSSR count). The number of benzene rings is 9. The van der Waals surface area contributed by atoms with E-state index in [-0.39, 0.29) is 0 Å². The summed E-state index contributed by atoms with van der Waals surface area (Å²) in [5.41, 5.74) is 18.8. The first-order valence-electron chi connectivity index (χ1n) is 21.1. The lowest BCUT2D eigenvalue weighted by Gasteiger charge is -2.30. The Balaban J connectivity index is 0.962. The number of rotatable bonds is 5. The molecule has 2 aliphatic carbocycles. The average Bonchev–Trinajstić information content (AvgIpc) is 3.99. The van der Waals surface area contributed by atoms with Crippen molar-refractivity contribution in [1.29, 1.82) is 0 Å². The molecule has 0 fully saturated rings. The van der Waals surface area contributed by atoms with Crippen LogP contribution in [0.2, 0.25) is 0 Å². The number of aromatic nitrogens is 3. The molecule has 4 nitrogen and oxygen atoms in total. The Morgan fingerprint density at radius 3 is 1.19 bits per heavy atom. The van der Waals surface area contributed by atoms with Gasteiger partial charge in [-0.05, 0) is 67.8 Å². The smallest absolute Gasteiger partial charge is 0.164 e. The number of para-hydroxylation sites is 2. The molecule has 4 heteroatoms. The molecule has 2 heterocycles. The molecule has 9 aromatic carbocycles. The highest BCUT2D eigenvalue weighted by molar-refractivity contribution is 6.13. The van der Waals surface area contributed by atoms with E-state index in [0.717, 1.165) is 60.9 Å². The Labute approximate surface area is 358 Å². The van der Waals surface area contributed by atoms with Gasteiger partial charge in [0.25, 0.3) is 0 Å². The molecule has 0 bridgehead atoms. The summed E-state index contributed by atoms with van der Waals surface area (Å²) in [5.74, 6) is 1.88.